The van der Waals surface area contributed by atoms with Crippen molar-refractivity contribution in [3.8, 4) is 0 Å². The number of carbonyl (C=O) groups excluding carboxylic acids is 6. The number of carboxylic acids is 2. The Morgan fingerprint density at radius 3 is 2.10 bits per heavy atom. The molecular weight excluding hydrogens is 750 g/mol. The van der Waals surface area contributed by atoms with Crippen molar-refractivity contribution in [3.05, 3.63) is 71.8 Å². The van der Waals surface area contributed by atoms with Crippen molar-refractivity contribution in [3.63, 3.8) is 0 Å². The Labute approximate surface area is 337 Å². The van der Waals surface area contributed by atoms with Crippen LogP contribution in [0, 0.1) is 11.8 Å². The van der Waals surface area contributed by atoms with Crippen molar-refractivity contribution in [2.75, 3.05) is 13.1 Å². The molecule has 0 aromatic heterocycles. The molecule has 2 aromatic carbocycles. The third kappa shape index (κ3) is 13.5. The topological polar surface area (TPSA) is 238 Å². The second-order valence-corrected chi connectivity index (χ2v) is 15.2. The molecule has 5 amide bonds. The Kier molecular flexibility index (Phi) is 17.4. The number of rotatable bonds is 21. The first-order valence-electron chi connectivity index (χ1n) is 19.9. The average molecular weight is 806 g/mol. The molecule has 2 aliphatic rings. The zero-order chi connectivity index (χ0) is 42.2. The van der Waals surface area contributed by atoms with E-state index in [0.29, 0.717) is 24.8 Å². The maximum atomic E-state index is 14.6. The molecule has 6 atom stereocenters. The highest BCUT2D eigenvalue weighted by molar-refractivity contribution is 6.38. The molecule has 6 N–H and O–H groups in total. The van der Waals surface area contributed by atoms with Gasteiger partial charge in [0.1, 0.15) is 12.1 Å². The van der Waals surface area contributed by atoms with E-state index in [9.17, 15) is 48.6 Å². The van der Waals surface area contributed by atoms with Crippen LogP contribution in [0.4, 0.5) is 0 Å². The first kappa shape index (κ1) is 45.1. The fourth-order valence-corrected chi connectivity index (χ4v) is 7.52. The van der Waals surface area contributed by atoms with E-state index in [1.807, 2.05) is 30.3 Å². The number of likely N-dealkylation sites (tertiary alicyclic amines) is 1. The van der Waals surface area contributed by atoms with Gasteiger partial charge in [0, 0.05) is 25.8 Å². The lowest BCUT2D eigenvalue weighted by Crippen LogP contribution is -2.58. The lowest BCUT2D eigenvalue weighted by atomic mass is 9.83. The summed E-state index contributed by atoms with van der Waals surface area (Å²) >= 11 is 0. The second-order valence-electron chi connectivity index (χ2n) is 15.2. The first-order chi connectivity index (χ1) is 27.8. The van der Waals surface area contributed by atoms with Crippen LogP contribution in [-0.4, -0.2) is 99.7 Å². The number of carboxylic acid groups (broad SMARTS) is 2. The zero-order valence-corrected chi connectivity index (χ0v) is 33.0. The highest BCUT2D eigenvalue weighted by Gasteiger charge is 2.45. The van der Waals surface area contributed by atoms with E-state index in [-0.39, 0.29) is 44.8 Å². The predicted molar refractivity (Wildman–Crippen MR) is 209 cm³/mol. The highest BCUT2D eigenvalue weighted by atomic mass is 16.5. The summed E-state index contributed by atoms with van der Waals surface area (Å²) in [6.07, 6.45) is 3.62. The van der Waals surface area contributed by atoms with Gasteiger partial charge in [0.25, 0.3) is 5.91 Å². The van der Waals surface area contributed by atoms with Gasteiger partial charge in [-0.25, -0.2) is 4.79 Å². The molecule has 58 heavy (non-hydrogen) atoms. The number of carbonyl (C=O) groups is 8. The van der Waals surface area contributed by atoms with Gasteiger partial charge in [-0.15, -0.1) is 0 Å². The molecule has 1 saturated carbocycles. The Balaban J connectivity index is 1.49. The van der Waals surface area contributed by atoms with Gasteiger partial charge in [0.15, 0.2) is 6.04 Å². The minimum atomic E-state index is -1.39. The smallest absolute Gasteiger partial charge is 0.330 e. The Hall–Kier alpha value is -5.64. The van der Waals surface area contributed by atoms with Crippen LogP contribution in [0.3, 0.4) is 0 Å². The molecule has 16 heteroatoms. The van der Waals surface area contributed by atoms with Crippen molar-refractivity contribution in [2.45, 2.75) is 115 Å². The molecule has 314 valence electrons. The van der Waals surface area contributed by atoms with Crippen LogP contribution in [0.15, 0.2) is 60.7 Å². The summed E-state index contributed by atoms with van der Waals surface area (Å²) in [5, 5.41) is 28.9. The summed E-state index contributed by atoms with van der Waals surface area (Å²) in [4.78, 5) is 105. The molecule has 1 aliphatic heterocycles. The van der Waals surface area contributed by atoms with Crippen LogP contribution < -0.4 is 21.3 Å². The van der Waals surface area contributed by atoms with Gasteiger partial charge in [-0.05, 0) is 42.2 Å². The summed E-state index contributed by atoms with van der Waals surface area (Å²) in [6, 6.07) is 12.5. The standard InChI is InChI=1S/C42H55N5O11/c1-3-13-31(38(52)40(54)43-23-34(49)46-37(42(56)57)29-18-11-6-12-19-29)44-39(53)32-22-30(58-25-27-14-7-4-8-15-27)24-47(32)41(55)36(28-16-9-5-10-17-28)45-33(48)20-26(2)21-35(50)51/h4,6-8,11-12,14-15,18-19,26,28,30-32,36-37H,3,5,9-10,13,16-17,20-25H2,1-2H3,(H,43,54)(H,44,53)(H,45,48)(H,46,49)(H,50,51)(H,56,57)/t26?,30-,31?,32+,36?,37?/m1/s1. The van der Waals surface area contributed by atoms with Crippen LogP contribution in [0.1, 0.15) is 95.2 Å². The lowest BCUT2D eigenvalue weighted by molar-refractivity contribution is -0.145. The number of nitrogens with one attached hydrogen (secondary N) is 4. The molecule has 1 heterocycles. The first-order valence-corrected chi connectivity index (χ1v) is 19.9. The van der Waals surface area contributed by atoms with Crippen LogP contribution in [-0.2, 0) is 49.7 Å². The number of Topliss-reactive ketones (excluding diaryl/α,β-unsaturated/α-hetero) is 1. The second kappa shape index (κ2) is 22.3. The SMILES string of the molecule is CCCC(NC(=O)[C@@H]1C[C@@H](OCc2ccccc2)CN1C(=O)C(NC(=O)CC(C)CC(=O)O)C1CCCCC1)C(=O)C(=O)NCC(=O)NC(C(=O)O)c1ccccc1. The van der Waals surface area contributed by atoms with Crippen LogP contribution in [0.2, 0.25) is 0 Å². The number of hydrogen-bond donors (Lipinski definition) is 6. The van der Waals surface area contributed by atoms with Gasteiger partial charge in [-0.1, -0.05) is 100 Å². The van der Waals surface area contributed by atoms with Crippen molar-refractivity contribution >= 4 is 47.3 Å². The predicted octanol–water partition coefficient (Wildman–Crippen LogP) is 2.65. The Morgan fingerprint density at radius 1 is 0.828 bits per heavy atom. The van der Waals surface area contributed by atoms with Crippen molar-refractivity contribution in [1.29, 1.82) is 0 Å². The number of aliphatic carboxylic acids is 2. The monoisotopic (exact) mass is 805 g/mol. The molecule has 0 bridgehead atoms. The van der Waals surface area contributed by atoms with Gasteiger partial charge in [0.2, 0.25) is 29.4 Å². The minimum Gasteiger partial charge on any atom is -0.481 e. The van der Waals surface area contributed by atoms with E-state index >= 15 is 0 Å². The molecule has 1 saturated heterocycles. The van der Waals surface area contributed by atoms with Crippen molar-refractivity contribution < 1.29 is 53.3 Å². The molecule has 2 fully saturated rings. The summed E-state index contributed by atoms with van der Waals surface area (Å²) in [7, 11) is 0. The summed E-state index contributed by atoms with van der Waals surface area (Å²) in [5.74, 6) is -7.77. The Morgan fingerprint density at radius 2 is 1.48 bits per heavy atom. The fraction of sp³-hybridized carbons (Fsp3) is 0.524. The number of amides is 5. The van der Waals surface area contributed by atoms with E-state index in [0.717, 1.165) is 24.8 Å². The van der Waals surface area contributed by atoms with Gasteiger partial charge in [0.05, 0.1) is 25.3 Å². The van der Waals surface area contributed by atoms with E-state index in [4.69, 9.17) is 4.74 Å². The van der Waals surface area contributed by atoms with E-state index in [1.165, 1.54) is 17.0 Å². The third-order valence-corrected chi connectivity index (χ3v) is 10.5. The van der Waals surface area contributed by atoms with Crippen molar-refractivity contribution in [2.24, 2.45) is 11.8 Å². The lowest BCUT2D eigenvalue weighted by Gasteiger charge is -2.35. The molecule has 0 spiro atoms. The maximum Gasteiger partial charge on any atom is 0.330 e. The molecule has 4 rings (SSSR count). The molecule has 1 aliphatic carbocycles. The number of ether oxygens (including phenoxy) is 1. The molecule has 0 radical (unpaired) electrons. The highest BCUT2D eigenvalue weighted by Crippen LogP contribution is 2.31. The third-order valence-electron chi connectivity index (χ3n) is 10.5. The van der Waals surface area contributed by atoms with E-state index < -0.39 is 90.0 Å². The average Bonchev–Trinajstić information content (AvgIpc) is 3.64. The fourth-order valence-electron chi connectivity index (χ4n) is 7.52. The molecule has 16 nitrogen and oxygen atoms in total. The summed E-state index contributed by atoms with van der Waals surface area (Å²) in [6.45, 7) is 2.91. The molecule has 4 unspecified atom stereocenters. The summed E-state index contributed by atoms with van der Waals surface area (Å²) < 4.78 is 6.19. The van der Waals surface area contributed by atoms with Crippen LogP contribution in [0.25, 0.3) is 0 Å². The van der Waals surface area contributed by atoms with Gasteiger partial charge in [-0.3, -0.25) is 33.6 Å². The quantitative estimate of drug-likeness (QED) is 0.100. The minimum absolute atomic E-state index is 0.0145. The number of hydrogen-bond acceptors (Lipinski definition) is 9. The van der Waals surface area contributed by atoms with E-state index in [2.05, 4.69) is 21.3 Å². The van der Waals surface area contributed by atoms with Crippen LogP contribution >= 0.6 is 0 Å². The van der Waals surface area contributed by atoms with Crippen LogP contribution in [0.5, 0.6) is 0 Å². The normalized spacial score (nSPS) is 18.8. The van der Waals surface area contributed by atoms with Gasteiger partial charge < -0.3 is 41.1 Å². The molecular formula is C42H55N5O11. The van der Waals surface area contributed by atoms with Gasteiger partial charge in [-0.2, -0.15) is 0 Å². The van der Waals surface area contributed by atoms with Crippen molar-refractivity contribution in [1.82, 2.24) is 26.2 Å². The molecule has 2 aromatic rings. The summed E-state index contributed by atoms with van der Waals surface area (Å²) in [5.41, 5.74) is 1.18. The number of benzene rings is 2. The Bertz CT molecular complexity index is 1750. The zero-order valence-electron chi connectivity index (χ0n) is 33.0. The largest absolute Gasteiger partial charge is 0.481 e. The van der Waals surface area contributed by atoms with Gasteiger partial charge >= 0.3 is 11.9 Å². The number of ketones is 1. The number of nitrogens with zero attached hydrogens (tertiary/aromatic N) is 1. The maximum absolute atomic E-state index is 14.6. The van der Waals surface area contributed by atoms with E-state index in [1.54, 1.807) is 32.0 Å².